The van der Waals surface area contributed by atoms with Crippen molar-refractivity contribution in [3.63, 3.8) is 0 Å². The summed E-state index contributed by atoms with van der Waals surface area (Å²) in [4.78, 5) is 20.3. The van der Waals surface area contributed by atoms with Crippen molar-refractivity contribution in [2.75, 3.05) is 23.3 Å². The average molecular weight is 388 g/mol. The van der Waals surface area contributed by atoms with Crippen LogP contribution in [-0.4, -0.2) is 34.9 Å². The summed E-state index contributed by atoms with van der Waals surface area (Å²) in [6, 6.07) is 9.45. The number of anilines is 2. The Hall–Kier alpha value is -2.70. The zero-order valence-electron chi connectivity index (χ0n) is 16.5. The molecule has 0 radical (unpaired) electrons. The van der Waals surface area contributed by atoms with E-state index < -0.39 is 5.92 Å². The summed E-state index contributed by atoms with van der Waals surface area (Å²) >= 11 is 0. The third kappa shape index (κ3) is 4.08. The first-order valence-electron chi connectivity index (χ1n) is 9.64. The zero-order valence-corrected chi connectivity index (χ0v) is 16.5. The second-order valence-electron chi connectivity index (χ2n) is 6.91. The predicted octanol–water partition coefficient (Wildman–Crippen LogP) is 4.81. The van der Waals surface area contributed by atoms with E-state index in [1.165, 1.54) is 0 Å². The molecule has 2 aromatic rings. The Morgan fingerprint density at radius 2 is 1.79 bits per heavy atom. The number of halogens is 2. The first-order chi connectivity index (χ1) is 13.4. The van der Waals surface area contributed by atoms with Crippen molar-refractivity contribution in [3.8, 4) is 0 Å². The number of nitrogens with one attached hydrogen (secondary N) is 1. The van der Waals surface area contributed by atoms with Crippen molar-refractivity contribution in [1.29, 1.82) is 0 Å². The molecule has 1 N–H and O–H groups in total. The summed E-state index contributed by atoms with van der Waals surface area (Å²) < 4.78 is 27.2. The Labute approximate surface area is 164 Å². The molecule has 1 aromatic heterocycles. The van der Waals surface area contributed by atoms with Crippen molar-refractivity contribution in [2.24, 2.45) is 0 Å². The molecule has 7 heteroatoms. The number of urea groups is 1. The highest BCUT2D eigenvalue weighted by Gasteiger charge is 2.39. The third-order valence-corrected chi connectivity index (χ3v) is 4.97. The van der Waals surface area contributed by atoms with E-state index >= 15 is 0 Å². The number of pyridine rings is 1. The van der Waals surface area contributed by atoms with Gasteiger partial charge in [-0.25, -0.2) is 18.6 Å². The molecule has 2 amide bonds. The molecule has 0 saturated carbocycles. The lowest BCUT2D eigenvalue weighted by atomic mass is 10.1. The number of carbonyl (C=O) groups excluding carboxylic acids is 1. The topological polar surface area (TPSA) is 48.5 Å². The van der Waals surface area contributed by atoms with Crippen LogP contribution in [0.4, 0.5) is 25.1 Å². The van der Waals surface area contributed by atoms with Crippen molar-refractivity contribution in [1.82, 2.24) is 9.88 Å². The number of aryl methyl sites for hydroxylation is 1. The quantitative estimate of drug-likeness (QED) is 0.803. The molecular weight excluding hydrogens is 362 g/mol. The van der Waals surface area contributed by atoms with Crippen molar-refractivity contribution >= 4 is 17.5 Å². The molecule has 0 unspecified atom stereocenters. The van der Waals surface area contributed by atoms with Gasteiger partial charge in [-0.2, -0.15) is 0 Å². The number of hydrogen-bond donors (Lipinski definition) is 1. The van der Waals surface area contributed by atoms with E-state index in [1.54, 1.807) is 22.1 Å². The average Bonchev–Trinajstić information content (AvgIpc) is 3.28. The first-order valence-corrected chi connectivity index (χ1v) is 9.64. The lowest BCUT2D eigenvalue weighted by Crippen LogP contribution is -2.32. The maximum atomic E-state index is 13.6. The van der Waals surface area contributed by atoms with Crippen LogP contribution in [0.25, 0.3) is 0 Å². The molecule has 0 aliphatic carbocycles. The van der Waals surface area contributed by atoms with E-state index in [-0.39, 0.29) is 25.5 Å². The van der Waals surface area contributed by atoms with E-state index in [9.17, 15) is 13.6 Å². The summed E-state index contributed by atoms with van der Waals surface area (Å²) in [6.07, 6.45) is 1.39. The van der Waals surface area contributed by atoms with Crippen LogP contribution in [0.1, 0.15) is 37.0 Å². The minimum absolute atomic E-state index is 0.197. The molecule has 3 heterocycles. The van der Waals surface area contributed by atoms with Crippen LogP contribution in [0.15, 0.2) is 36.5 Å². The summed E-state index contributed by atoms with van der Waals surface area (Å²) in [6.45, 7) is 6.77. The van der Waals surface area contributed by atoms with E-state index in [1.807, 2.05) is 45.0 Å². The van der Waals surface area contributed by atoms with Crippen molar-refractivity contribution in [3.05, 3.63) is 53.2 Å². The smallest absolute Gasteiger partial charge is 0.322 e. The normalized spacial score (nSPS) is 17.0. The van der Waals surface area contributed by atoms with Gasteiger partial charge in [-0.15, -0.1) is 0 Å². The Kier molecular flexibility index (Phi) is 5.82. The molecule has 0 atom stereocenters. The maximum Gasteiger partial charge on any atom is 0.322 e. The summed E-state index contributed by atoms with van der Waals surface area (Å²) in [7, 11) is 0. The van der Waals surface area contributed by atoms with Crippen molar-refractivity contribution < 1.29 is 13.6 Å². The van der Waals surface area contributed by atoms with Gasteiger partial charge in [0.1, 0.15) is 0 Å². The maximum absolute atomic E-state index is 13.6. The van der Waals surface area contributed by atoms with Crippen molar-refractivity contribution in [2.45, 2.75) is 46.2 Å². The van der Waals surface area contributed by atoms with Crippen LogP contribution in [0.2, 0.25) is 0 Å². The van der Waals surface area contributed by atoms with Gasteiger partial charge < -0.3 is 15.1 Å². The molecule has 2 aliphatic heterocycles. The van der Waals surface area contributed by atoms with Gasteiger partial charge >= 0.3 is 6.03 Å². The fraction of sp³-hybridized carbons (Fsp3) is 0.429. The number of amides is 2. The van der Waals surface area contributed by atoms with Crippen LogP contribution in [0.3, 0.4) is 0 Å². The Morgan fingerprint density at radius 3 is 2.36 bits per heavy atom. The molecule has 2 aliphatic rings. The molecule has 4 rings (SSSR count). The number of nitrogens with zero attached hydrogens (tertiary/aromatic N) is 3. The molecule has 28 heavy (non-hydrogen) atoms. The molecule has 1 saturated heterocycles. The van der Waals surface area contributed by atoms with Gasteiger partial charge in [0.15, 0.2) is 5.82 Å². The van der Waals surface area contributed by atoms with E-state index in [2.05, 4.69) is 10.3 Å². The van der Waals surface area contributed by atoms with E-state index in [4.69, 9.17) is 0 Å². The molecule has 0 spiro atoms. The van der Waals surface area contributed by atoms with Crippen LogP contribution in [0.5, 0.6) is 0 Å². The number of benzene rings is 1. The van der Waals surface area contributed by atoms with Crippen LogP contribution < -0.4 is 10.2 Å². The zero-order chi connectivity index (χ0) is 20.3. The fourth-order valence-corrected chi connectivity index (χ4v) is 3.52. The van der Waals surface area contributed by atoms with Gasteiger partial charge in [0.05, 0.1) is 12.2 Å². The van der Waals surface area contributed by atoms with Gasteiger partial charge in [0, 0.05) is 32.3 Å². The second kappa shape index (κ2) is 8.12. The largest absolute Gasteiger partial charge is 0.349 e. The van der Waals surface area contributed by atoms with Crippen LogP contribution in [-0.2, 0) is 13.1 Å². The number of rotatable bonds is 2. The first kappa shape index (κ1) is 20.0. The Morgan fingerprint density at radius 1 is 1.14 bits per heavy atom. The number of alkyl halides is 2. The van der Waals surface area contributed by atoms with Gasteiger partial charge in [0.2, 0.25) is 0 Å². The molecule has 150 valence electrons. The number of fused-ring (bicyclic) bond motifs is 1. The SMILES string of the molecule is CC.Cc1ccnc(N2CCC(F)(F)C2)c1NC(=O)N1Cc2ccccc2C1. The molecule has 1 aromatic carbocycles. The lowest BCUT2D eigenvalue weighted by Gasteiger charge is -2.23. The van der Waals surface area contributed by atoms with Crippen LogP contribution >= 0.6 is 0 Å². The predicted molar refractivity (Wildman–Crippen MR) is 107 cm³/mol. The summed E-state index contributed by atoms with van der Waals surface area (Å²) in [5.41, 5.74) is 3.57. The van der Waals surface area contributed by atoms with Gasteiger partial charge in [-0.1, -0.05) is 38.1 Å². The molecule has 5 nitrogen and oxygen atoms in total. The Bertz CT molecular complexity index is 831. The number of aromatic nitrogens is 1. The standard InChI is InChI=1S/C19H20F2N4O.C2H6/c1-13-6-8-22-17(24-9-7-19(20,21)12-24)16(13)23-18(26)25-10-14-4-2-3-5-15(14)11-25;1-2/h2-6,8H,7,9-12H2,1H3,(H,23,26);1-2H3. The molecular formula is C21H26F2N4O. The van der Waals surface area contributed by atoms with Crippen LogP contribution in [0, 0.1) is 6.92 Å². The minimum Gasteiger partial charge on any atom is -0.349 e. The fourth-order valence-electron chi connectivity index (χ4n) is 3.52. The highest BCUT2D eigenvalue weighted by molar-refractivity contribution is 5.94. The number of carbonyl (C=O) groups is 1. The summed E-state index contributed by atoms with van der Waals surface area (Å²) in [5, 5.41) is 2.90. The Balaban J connectivity index is 0.00000109. The monoisotopic (exact) mass is 388 g/mol. The van der Waals surface area contributed by atoms with E-state index in [0.29, 0.717) is 24.6 Å². The lowest BCUT2D eigenvalue weighted by molar-refractivity contribution is 0.0257. The van der Waals surface area contributed by atoms with Gasteiger partial charge in [-0.3, -0.25) is 0 Å². The summed E-state index contributed by atoms with van der Waals surface area (Å²) in [5.74, 6) is -2.31. The second-order valence-corrected chi connectivity index (χ2v) is 6.91. The van der Waals surface area contributed by atoms with Gasteiger partial charge in [0.25, 0.3) is 5.92 Å². The highest BCUT2D eigenvalue weighted by atomic mass is 19.3. The molecule has 1 fully saturated rings. The number of hydrogen-bond acceptors (Lipinski definition) is 3. The van der Waals surface area contributed by atoms with E-state index in [0.717, 1.165) is 16.7 Å². The molecule has 0 bridgehead atoms. The third-order valence-electron chi connectivity index (χ3n) is 4.97. The van der Waals surface area contributed by atoms with Gasteiger partial charge in [-0.05, 0) is 29.7 Å². The highest BCUT2D eigenvalue weighted by Crippen LogP contribution is 2.35. The minimum atomic E-state index is -2.72.